The highest BCUT2D eigenvalue weighted by Crippen LogP contribution is 2.35. The third-order valence-electron chi connectivity index (χ3n) is 4.09. The Balaban J connectivity index is 1.80. The van der Waals surface area contributed by atoms with E-state index in [1.54, 1.807) is 0 Å². The molecule has 16 heavy (non-hydrogen) atoms. The summed E-state index contributed by atoms with van der Waals surface area (Å²) < 4.78 is 2.31. The number of nitrogens with zero attached hydrogens (tertiary/aromatic N) is 2. The van der Waals surface area contributed by atoms with Crippen molar-refractivity contribution in [2.24, 2.45) is 0 Å². The van der Waals surface area contributed by atoms with E-state index in [1.165, 1.54) is 50.8 Å². The van der Waals surface area contributed by atoms with Crippen molar-refractivity contribution in [1.29, 1.82) is 0 Å². The lowest BCUT2D eigenvalue weighted by Crippen LogP contribution is -2.33. The standard InChI is InChI=1S/C13H21N3/c1-2-5-11(4-1)13-7-9-15-16(13)12-6-3-8-14-10-12/h7,9,11-12,14H,1-6,8,10H2. The van der Waals surface area contributed by atoms with Gasteiger partial charge in [0.15, 0.2) is 0 Å². The molecule has 88 valence electrons. The Bertz CT molecular complexity index is 333. The third kappa shape index (κ3) is 1.88. The van der Waals surface area contributed by atoms with E-state index < -0.39 is 0 Å². The molecule has 0 aromatic carbocycles. The minimum Gasteiger partial charge on any atom is -0.315 e. The second-order valence-electron chi connectivity index (χ2n) is 5.18. The number of piperidine rings is 1. The first-order valence-corrected chi connectivity index (χ1v) is 6.69. The van der Waals surface area contributed by atoms with Crippen molar-refractivity contribution in [3.05, 3.63) is 18.0 Å². The number of hydrogen-bond donors (Lipinski definition) is 1. The Kier molecular flexibility index (Phi) is 2.96. The van der Waals surface area contributed by atoms with Gasteiger partial charge in [0, 0.05) is 24.4 Å². The molecule has 0 bridgehead atoms. The van der Waals surface area contributed by atoms with Crippen LogP contribution in [0.25, 0.3) is 0 Å². The van der Waals surface area contributed by atoms with Crippen LogP contribution < -0.4 is 5.32 Å². The van der Waals surface area contributed by atoms with Crippen LogP contribution in [-0.2, 0) is 0 Å². The highest BCUT2D eigenvalue weighted by molar-refractivity contribution is 5.10. The maximum Gasteiger partial charge on any atom is 0.0647 e. The second-order valence-corrected chi connectivity index (χ2v) is 5.18. The molecule has 1 saturated carbocycles. The van der Waals surface area contributed by atoms with Crippen molar-refractivity contribution in [2.75, 3.05) is 13.1 Å². The predicted octanol–water partition coefficient (Wildman–Crippen LogP) is 2.47. The van der Waals surface area contributed by atoms with Crippen molar-refractivity contribution in [3.8, 4) is 0 Å². The molecule has 0 spiro atoms. The van der Waals surface area contributed by atoms with E-state index in [1.807, 2.05) is 6.20 Å². The molecule has 3 rings (SSSR count). The zero-order chi connectivity index (χ0) is 10.8. The van der Waals surface area contributed by atoms with Gasteiger partial charge in [0.25, 0.3) is 0 Å². The summed E-state index contributed by atoms with van der Waals surface area (Å²) in [5.41, 5.74) is 1.49. The van der Waals surface area contributed by atoms with Gasteiger partial charge in [0.05, 0.1) is 6.04 Å². The van der Waals surface area contributed by atoms with E-state index in [0.29, 0.717) is 6.04 Å². The highest BCUT2D eigenvalue weighted by atomic mass is 15.3. The van der Waals surface area contributed by atoms with E-state index in [2.05, 4.69) is 21.2 Å². The van der Waals surface area contributed by atoms with Crippen LogP contribution in [0.5, 0.6) is 0 Å². The van der Waals surface area contributed by atoms with Crippen LogP contribution in [0, 0.1) is 0 Å². The highest BCUT2D eigenvalue weighted by Gasteiger charge is 2.24. The molecule has 0 amide bonds. The molecule has 2 heterocycles. The fourth-order valence-corrected chi connectivity index (χ4v) is 3.22. The lowest BCUT2D eigenvalue weighted by molar-refractivity contribution is 0.333. The summed E-state index contributed by atoms with van der Waals surface area (Å²) in [6, 6.07) is 2.84. The predicted molar refractivity (Wildman–Crippen MR) is 64.6 cm³/mol. The average molecular weight is 219 g/mol. The number of nitrogens with one attached hydrogen (secondary N) is 1. The Morgan fingerprint density at radius 2 is 2.06 bits per heavy atom. The topological polar surface area (TPSA) is 29.9 Å². The molecule has 1 aromatic rings. The van der Waals surface area contributed by atoms with Crippen LogP contribution in [0.15, 0.2) is 12.3 Å². The van der Waals surface area contributed by atoms with E-state index in [0.717, 1.165) is 12.5 Å². The Morgan fingerprint density at radius 3 is 2.81 bits per heavy atom. The van der Waals surface area contributed by atoms with Crippen LogP contribution in [-0.4, -0.2) is 22.9 Å². The van der Waals surface area contributed by atoms with Crippen molar-refractivity contribution < 1.29 is 0 Å². The van der Waals surface area contributed by atoms with Gasteiger partial charge in [-0.2, -0.15) is 5.10 Å². The molecule has 1 atom stereocenters. The van der Waals surface area contributed by atoms with E-state index >= 15 is 0 Å². The number of aromatic nitrogens is 2. The van der Waals surface area contributed by atoms with Crippen molar-refractivity contribution in [3.63, 3.8) is 0 Å². The van der Waals surface area contributed by atoms with Crippen molar-refractivity contribution in [1.82, 2.24) is 15.1 Å². The number of rotatable bonds is 2. The molecule has 1 saturated heterocycles. The first-order valence-electron chi connectivity index (χ1n) is 6.69. The van der Waals surface area contributed by atoms with E-state index in [-0.39, 0.29) is 0 Å². The van der Waals surface area contributed by atoms with Gasteiger partial charge < -0.3 is 5.32 Å². The quantitative estimate of drug-likeness (QED) is 0.828. The average Bonchev–Trinajstić information content (AvgIpc) is 3.01. The second kappa shape index (κ2) is 4.58. The van der Waals surface area contributed by atoms with Crippen LogP contribution >= 0.6 is 0 Å². The van der Waals surface area contributed by atoms with Crippen molar-refractivity contribution >= 4 is 0 Å². The summed E-state index contributed by atoms with van der Waals surface area (Å²) in [6.45, 7) is 2.28. The summed E-state index contributed by atoms with van der Waals surface area (Å²) in [6.07, 6.45) is 10.1. The van der Waals surface area contributed by atoms with Gasteiger partial charge in [-0.15, -0.1) is 0 Å². The maximum absolute atomic E-state index is 4.56. The van der Waals surface area contributed by atoms with E-state index in [9.17, 15) is 0 Å². The normalized spacial score (nSPS) is 27.4. The lowest BCUT2D eigenvalue weighted by Gasteiger charge is -2.26. The molecular weight excluding hydrogens is 198 g/mol. The summed E-state index contributed by atoms with van der Waals surface area (Å²) in [5, 5.41) is 8.04. The molecule has 3 nitrogen and oxygen atoms in total. The molecule has 3 heteroatoms. The monoisotopic (exact) mass is 219 g/mol. The van der Waals surface area contributed by atoms with Gasteiger partial charge in [-0.25, -0.2) is 0 Å². The van der Waals surface area contributed by atoms with Crippen LogP contribution in [0.1, 0.15) is 56.2 Å². The van der Waals surface area contributed by atoms with Gasteiger partial charge in [-0.3, -0.25) is 4.68 Å². The lowest BCUT2D eigenvalue weighted by atomic mass is 10.0. The Labute approximate surface area is 97.2 Å². The van der Waals surface area contributed by atoms with Crippen molar-refractivity contribution in [2.45, 2.75) is 50.5 Å². The van der Waals surface area contributed by atoms with Gasteiger partial charge in [-0.05, 0) is 38.3 Å². The summed E-state index contributed by atoms with van der Waals surface area (Å²) in [4.78, 5) is 0. The molecule has 0 radical (unpaired) electrons. The van der Waals surface area contributed by atoms with Gasteiger partial charge in [0.2, 0.25) is 0 Å². The minimum absolute atomic E-state index is 0.597. The number of hydrogen-bond acceptors (Lipinski definition) is 2. The SMILES string of the molecule is c1cc(C2CCCC2)n(C2CCCNC2)n1. The molecule has 2 fully saturated rings. The van der Waals surface area contributed by atoms with Crippen LogP contribution in [0.3, 0.4) is 0 Å². The zero-order valence-electron chi connectivity index (χ0n) is 9.86. The van der Waals surface area contributed by atoms with E-state index in [4.69, 9.17) is 0 Å². The maximum atomic E-state index is 4.56. The molecule has 1 unspecified atom stereocenters. The summed E-state index contributed by atoms with van der Waals surface area (Å²) in [5.74, 6) is 0.782. The van der Waals surface area contributed by atoms with Crippen LogP contribution in [0.4, 0.5) is 0 Å². The summed E-state index contributed by atoms with van der Waals surface area (Å²) in [7, 11) is 0. The smallest absolute Gasteiger partial charge is 0.0647 e. The first kappa shape index (κ1) is 10.3. The Morgan fingerprint density at radius 1 is 1.19 bits per heavy atom. The first-order chi connectivity index (χ1) is 7.95. The largest absolute Gasteiger partial charge is 0.315 e. The fourth-order valence-electron chi connectivity index (χ4n) is 3.22. The molecular formula is C13H21N3. The molecule has 1 aromatic heterocycles. The zero-order valence-corrected chi connectivity index (χ0v) is 9.86. The molecule has 2 aliphatic rings. The molecule has 1 aliphatic heterocycles. The van der Waals surface area contributed by atoms with Gasteiger partial charge in [0.1, 0.15) is 0 Å². The molecule has 1 aliphatic carbocycles. The Hall–Kier alpha value is -0.830. The van der Waals surface area contributed by atoms with Gasteiger partial charge in [-0.1, -0.05) is 12.8 Å². The van der Waals surface area contributed by atoms with Gasteiger partial charge >= 0.3 is 0 Å². The molecule has 1 N–H and O–H groups in total. The summed E-state index contributed by atoms with van der Waals surface area (Å²) >= 11 is 0. The van der Waals surface area contributed by atoms with Crippen LogP contribution in [0.2, 0.25) is 0 Å². The third-order valence-corrected chi connectivity index (χ3v) is 4.09. The fraction of sp³-hybridized carbons (Fsp3) is 0.769. The minimum atomic E-state index is 0.597.